The van der Waals surface area contributed by atoms with Gasteiger partial charge in [0.15, 0.2) is 0 Å². The van der Waals surface area contributed by atoms with Crippen LogP contribution < -0.4 is 4.74 Å². The maximum Gasteiger partial charge on any atom is 0.237 e. The first kappa shape index (κ1) is 10.7. The Morgan fingerprint density at radius 2 is 1.76 bits per heavy atom. The second-order valence-electron chi connectivity index (χ2n) is 3.21. The van der Waals surface area contributed by atoms with Gasteiger partial charge in [0.1, 0.15) is 17.4 Å². The zero-order valence-electron chi connectivity index (χ0n) is 8.79. The van der Waals surface area contributed by atoms with Crippen molar-refractivity contribution >= 4 is 0 Å². The molecular weight excluding hydrogens is 214 g/mol. The summed E-state index contributed by atoms with van der Waals surface area (Å²) in [7, 11) is 0. The summed E-state index contributed by atoms with van der Waals surface area (Å²) < 4.78 is 5.46. The van der Waals surface area contributed by atoms with Crippen LogP contribution in [0.1, 0.15) is 11.1 Å². The van der Waals surface area contributed by atoms with Crippen LogP contribution in [0.3, 0.4) is 0 Å². The Bertz CT molecular complexity index is 606. The molecule has 0 atom stereocenters. The highest BCUT2D eigenvalue weighted by molar-refractivity contribution is 5.41. The molecule has 80 valence electrons. The molecule has 0 aliphatic rings. The van der Waals surface area contributed by atoms with Gasteiger partial charge in [-0.3, -0.25) is 0 Å². The quantitative estimate of drug-likeness (QED) is 0.781. The number of rotatable bonds is 2. The van der Waals surface area contributed by atoms with Gasteiger partial charge in [0, 0.05) is 6.20 Å². The molecule has 0 spiro atoms. The molecule has 2 aromatic rings. The molecule has 0 saturated carbocycles. The molecule has 0 unspecified atom stereocenters. The fraction of sp³-hybridized carbons (Fsp3) is 0. The molecule has 1 aromatic heterocycles. The van der Waals surface area contributed by atoms with Gasteiger partial charge in [-0.05, 0) is 36.4 Å². The predicted octanol–water partition coefficient (Wildman–Crippen LogP) is 2.62. The number of pyridine rings is 1. The fourth-order valence-electron chi connectivity index (χ4n) is 1.27. The van der Waals surface area contributed by atoms with Crippen LogP contribution in [-0.2, 0) is 0 Å². The molecule has 4 heteroatoms. The van der Waals surface area contributed by atoms with Crippen molar-refractivity contribution in [3.8, 4) is 23.8 Å². The molecule has 1 heterocycles. The summed E-state index contributed by atoms with van der Waals surface area (Å²) in [5.74, 6) is 0.805. The van der Waals surface area contributed by atoms with E-state index >= 15 is 0 Å². The summed E-state index contributed by atoms with van der Waals surface area (Å²) in [5.41, 5.74) is 0.927. The molecule has 4 nitrogen and oxygen atoms in total. The van der Waals surface area contributed by atoms with E-state index in [0.717, 1.165) is 0 Å². The Morgan fingerprint density at radius 3 is 2.41 bits per heavy atom. The summed E-state index contributed by atoms with van der Waals surface area (Å²) >= 11 is 0. The Labute approximate surface area is 98.3 Å². The first-order valence-electron chi connectivity index (χ1n) is 4.86. The van der Waals surface area contributed by atoms with E-state index in [0.29, 0.717) is 16.9 Å². The Kier molecular flexibility index (Phi) is 3.00. The van der Waals surface area contributed by atoms with Crippen LogP contribution >= 0.6 is 0 Å². The van der Waals surface area contributed by atoms with E-state index in [2.05, 4.69) is 4.98 Å². The summed E-state index contributed by atoms with van der Waals surface area (Å²) in [6.07, 6.45) is 1.56. The number of ether oxygens (including phenoxy) is 1. The first-order chi connectivity index (χ1) is 8.33. The molecule has 0 saturated heterocycles. The average Bonchev–Trinajstić information content (AvgIpc) is 2.40. The smallest absolute Gasteiger partial charge is 0.237 e. The number of hydrogen-bond acceptors (Lipinski definition) is 4. The monoisotopic (exact) mass is 221 g/mol. The zero-order valence-corrected chi connectivity index (χ0v) is 8.79. The van der Waals surface area contributed by atoms with Crippen molar-refractivity contribution in [1.82, 2.24) is 4.98 Å². The highest BCUT2D eigenvalue weighted by Crippen LogP contribution is 2.22. The second kappa shape index (κ2) is 4.78. The molecule has 2 rings (SSSR count). The van der Waals surface area contributed by atoms with E-state index in [1.165, 1.54) is 0 Å². The second-order valence-corrected chi connectivity index (χ2v) is 3.21. The van der Waals surface area contributed by atoms with Crippen LogP contribution in [-0.4, -0.2) is 4.98 Å². The molecule has 1 aromatic carbocycles. The number of benzene rings is 1. The molecule has 0 radical (unpaired) electrons. The molecule has 0 amide bonds. The lowest BCUT2D eigenvalue weighted by molar-refractivity contribution is 0.461. The molecule has 0 N–H and O–H groups in total. The van der Waals surface area contributed by atoms with E-state index < -0.39 is 0 Å². The van der Waals surface area contributed by atoms with E-state index in [9.17, 15) is 0 Å². The van der Waals surface area contributed by atoms with Crippen molar-refractivity contribution in [2.24, 2.45) is 0 Å². The Balaban J connectivity index is 2.26. The van der Waals surface area contributed by atoms with Gasteiger partial charge in [-0.2, -0.15) is 10.5 Å². The van der Waals surface area contributed by atoms with E-state index in [4.69, 9.17) is 15.3 Å². The van der Waals surface area contributed by atoms with E-state index in [1.54, 1.807) is 42.6 Å². The Hall–Kier alpha value is -2.85. The van der Waals surface area contributed by atoms with Gasteiger partial charge in [-0.25, -0.2) is 4.98 Å². The van der Waals surface area contributed by atoms with Gasteiger partial charge >= 0.3 is 0 Å². The van der Waals surface area contributed by atoms with Gasteiger partial charge in [-0.1, -0.05) is 0 Å². The third kappa shape index (κ3) is 2.39. The van der Waals surface area contributed by atoms with Crippen LogP contribution in [0, 0.1) is 22.7 Å². The fourth-order valence-corrected chi connectivity index (χ4v) is 1.27. The van der Waals surface area contributed by atoms with Crippen molar-refractivity contribution in [3.05, 3.63) is 53.7 Å². The standard InChI is InChI=1S/C13H7N3O/c14-8-10-3-5-12(6-4-10)17-13-11(9-15)2-1-7-16-13/h1-7H. The average molecular weight is 221 g/mol. The van der Waals surface area contributed by atoms with Gasteiger partial charge in [-0.15, -0.1) is 0 Å². The van der Waals surface area contributed by atoms with Crippen LogP contribution in [0.25, 0.3) is 0 Å². The maximum absolute atomic E-state index is 8.87. The Morgan fingerprint density at radius 1 is 1.00 bits per heavy atom. The molecular formula is C13H7N3O. The van der Waals surface area contributed by atoms with Crippen molar-refractivity contribution in [2.75, 3.05) is 0 Å². The maximum atomic E-state index is 8.87. The van der Waals surface area contributed by atoms with Crippen molar-refractivity contribution < 1.29 is 4.74 Å². The van der Waals surface area contributed by atoms with Crippen LogP contribution in [0.15, 0.2) is 42.6 Å². The normalized spacial score (nSPS) is 9.06. The predicted molar refractivity (Wildman–Crippen MR) is 60.2 cm³/mol. The van der Waals surface area contributed by atoms with Crippen LogP contribution in [0.5, 0.6) is 11.6 Å². The lowest BCUT2D eigenvalue weighted by Gasteiger charge is -2.05. The summed E-state index contributed by atoms with van der Waals surface area (Å²) in [6.45, 7) is 0. The zero-order chi connectivity index (χ0) is 12.1. The van der Waals surface area contributed by atoms with Crippen molar-refractivity contribution in [2.45, 2.75) is 0 Å². The minimum absolute atomic E-state index is 0.264. The highest BCUT2D eigenvalue weighted by atomic mass is 16.5. The van der Waals surface area contributed by atoms with E-state index in [1.807, 2.05) is 12.1 Å². The summed E-state index contributed by atoms with van der Waals surface area (Å²) in [5, 5.41) is 17.5. The van der Waals surface area contributed by atoms with Crippen LogP contribution in [0.4, 0.5) is 0 Å². The third-order valence-electron chi connectivity index (χ3n) is 2.09. The highest BCUT2D eigenvalue weighted by Gasteiger charge is 2.04. The molecule has 0 aliphatic heterocycles. The minimum atomic E-state index is 0.264. The molecule has 0 bridgehead atoms. The third-order valence-corrected chi connectivity index (χ3v) is 2.09. The number of nitriles is 2. The van der Waals surface area contributed by atoms with Gasteiger partial charge < -0.3 is 4.74 Å². The van der Waals surface area contributed by atoms with Crippen molar-refractivity contribution in [3.63, 3.8) is 0 Å². The first-order valence-corrected chi connectivity index (χ1v) is 4.86. The SMILES string of the molecule is N#Cc1ccc(Oc2ncccc2C#N)cc1. The summed E-state index contributed by atoms with van der Waals surface area (Å²) in [4.78, 5) is 3.98. The lowest BCUT2D eigenvalue weighted by atomic mass is 10.2. The van der Waals surface area contributed by atoms with Gasteiger partial charge in [0.25, 0.3) is 0 Å². The minimum Gasteiger partial charge on any atom is -0.438 e. The lowest BCUT2D eigenvalue weighted by Crippen LogP contribution is -1.91. The van der Waals surface area contributed by atoms with Crippen LogP contribution in [0.2, 0.25) is 0 Å². The number of aromatic nitrogens is 1. The molecule has 0 aliphatic carbocycles. The topological polar surface area (TPSA) is 69.7 Å². The summed E-state index contributed by atoms with van der Waals surface area (Å²) in [6, 6.07) is 13.9. The molecule has 17 heavy (non-hydrogen) atoms. The van der Waals surface area contributed by atoms with Gasteiger partial charge in [0.2, 0.25) is 5.88 Å². The van der Waals surface area contributed by atoms with E-state index in [-0.39, 0.29) is 5.88 Å². The largest absolute Gasteiger partial charge is 0.438 e. The van der Waals surface area contributed by atoms with Crippen molar-refractivity contribution in [1.29, 1.82) is 10.5 Å². The molecule has 0 fully saturated rings. The van der Waals surface area contributed by atoms with Gasteiger partial charge in [0.05, 0.1) is 11.6 Å². The number of hydrogen-bond donors (Lipinski definition) is 0. The number of nitrogens with zero attached hydrogens (tertiary/aromatic N) is 3.